The van der Waals surface area contributed by atoms with Gasteiger partial charge in [-0.05, 0) is 31.2 Å². The van der Waals surface area contributed by atoms with Gasteiger partial charge in [-0.1, -0.05) is 11.6 Å². The lowest BCUT2D eigenvalue weighted by atomic mass is 10.1. The van der Waals surface area contributed by atoms with Crippen LogP contribution < -0.4 is 4.74 Å². The van der Waals surface area contributed by atoms with Crippen LogP contribution >= 0.6 is 0 Å². The van der Waals surface area contributed by atoms with Crippen molar-refractivity contribution in [3.8, 4) is 17.0 Å². The standard InChI is InChI=1S/C14H13NO3/c1-9-3-6-13(18-2)11(7-9)12-5-4-10(8-15-12)14(16)17/h3-8H,1-2H3,(H,16,17). The number of aryl methyl sites for hydroxylation is 1. The molecule has 2 aromatic rings. The highest BCUT2D eigenvalue weighted by Gasteiger charge is 2.09. The number of carbonyl (C=O) groups is 1. The average molecular weight is 243 g/mol. The number of benzene rings is 1. The van der Waals surface area contributed by atoms with E-state index in [1.54, 1.807) is 13.2 Å². The van der Waals surface area contributed by atoms with Crippen LogP contribution in [0.15, 0.2) is 36.5 Å². The third kappa shape index (κ3) is 2.32. The van der Waals surface area contributed by atoms with Gasteiger partial charge in [0.15, 0.2) is 0 Å². The summed E-state index contributed by atoms with van der Waals surface area (Å²) in [6.07, 6.45) is 1.35. The number of hydrogen-bond donors (Lipinski definition) is 1. The first-order valence-corrected chi connectivity index (χ1v) is 5.46. The van der Waals surface area contributed by atoms with Gasteiger partial charge in [-0.3, -0.25) is 4.98 Å². The zero-order chi connectivity index (χ0) is 13.1. The highest BCUT2D eigenvalue weighted by Crippen LogP contribution is 2.29. The van der Waals surface area contributed by atoms with E-state index < -0.39 is 5.97 Å². The van der Waals surface area contributed by atoms with Gasteiger partial charge in [0.25, 0.3) is 0 Å². The Morgan fingerprint density at radius 3 is 2.61 bits per heavy atom. The van der Waals surface area contributed by atoms with Gasteiger partial charge in [-0.15, -0.1) is 0 Å². The van der Waals surface area contributed by atoms with Crippen LogP contribution in [-0.2, 0) is 0 Å². The van der Waals surface area contributed by atoms with E-state index in [4.69, 9.17) is 9.84 Å². The van der Waals surface area contributed by atoms with Crippen LogP contribution in [-0.4, -0.2) is 23.2 Å². The van der Waals surface area contributed by atoms with Gasteiger partial charge in [-0.2, -0.15) is 0 Å². The summed E-state index contributed by atoms with van der Waals surface area (Å²) < 4.78 is 5.28. The largest absolute Gasteiger partial charge is 0.496 e. The molecule has 0 unspecified atom stereocenters. The van der Waals surface area contributed by atoms with E-state index in [0.717, 1.165) is 16.9 Å². The molecule has 0 bridgehead atoms. The van der Waals surface area contributed by atoms with Crippen LogP contribution in [0.2, 0.25) is 0 Å². The van der Waals surface area contributed by atoms with E-state index in [1.165, 1.54) is 12.3 Å². The fraction of sp³-hybridized carbons (Fsp3) is 0.143. The monoisotopic (exact) mass is 243 g/mol. The number of aromatic nitrogens is 1. The third-order valence-electron chi connectivity index (χ3n) is 2.64. The molecule has 92 valence electrons. The third-order valence-corrected chi connectivity index (χ3v) is 2.64. The molecule has 18 heavy (non-hydrogen) atoms. The van der Waals surface area contributed by atoms with Gasteiger partial charge in [-0.25, -0.2) is 4.79 Å². The molecule has 1 aromatic carbocycles. The van der Waals surface area contributed by atoms with Crippen molar-refractivity contribution in [1.82, 2.24) is 4.98 Å². The molecular weight excluding hydrogens is 230 g/mol. The zero-order valence-corrected chi connectivity index (χ0v) is 10.2. The summed E-state index contributed by atoms with van der Waals surface area (Å²) in [4.78, 5) is 14.9. The number of ether oxygens (including phenoxy) is 1. The Bertz CT molecular complexity index is 576. The van der Waals surface area contributed by atoms with Crippen LogP contribution in [0.5, 0.6) is 5.75 Å². The minimum Gasteiger partial charge on any atom is -0.496 e. The quantitative estimate of drug-likeness (QED) is 0.900. The van der Waals surface area contributed by atoms with Gasteiger partial charge in [0, 0.05) is 11.8 Å². The van der Waals surface area contributed by atoms with Crippen LogP contribution in [0.1, 0.15) is 15.9 Å². The predicted molar refractivity (Wildman–Crippen MR) is 67.9 cm³/mol. The first-order chi connectivity index (χ1) is 8.61. The molecule has 0 amide bonds. The van der Waals surface area contributed by atoms with Gasteiger partial charge in [0.2, 0.25) is 0 Å². The van der Waals surface area contributed by atoms with E-state index in [-0.39, 0.29) is 5.56 Å². The minimum atomic E-state index is -0.981. The Morgan fingerprint density at radius 1 is 1.28 bits per heavy atom. The molecule has 4 heteroatoms. The fourth-order valence-electron chi connectivity index (χ4n) is 1.70. The summed E-state index contributed by atoms with van der Waals surface area (Å²) >= 11 is 0. The lowest BCUT2D eigenvalue weighted by Gasteiger charge is -2.09. The highest BCUT2D eigenvalue weighted by molar-refractivity contribution is 5.87. The van der Waals surface area contributed by atoms with Gasteiger partial charge in [0.1, 0.15) is 5.75 Å². The number of pyridine rings is 1. The van der Waals surface area contributed by atoms with Crippen molar-refractivity contribution in [1.29, 1.82) is 0 Å². The molecule has 2 rings (SSSR count). The summed E-state index contributed by atoms with van der Waals surface area (Å²) in [5.41, 5.74) is 2.82. The maximum atomic E-state index is 10.8. The fourth-order valence-corrected chi connectivity index (χ4v) is 1.70. The van der Waals surface area contributed by atoms with Gasteiger partial charge < -0.3 is 9.84 Å². The zero-order valence-electron chi connectivity index (χ0n) is 10.2. The summed E-state index contributed by atoms with van der Waals surface area (Å²) in [6, 6.07) is 9.00. The Morgan fingerprint density at radius 2 is 2.06 bits per heavy atom. The molecule has 1 N–H and O–H groups in total. The van der Waals surface area contributed by atoms with E-state index >= 15 is 0 Å². The first-order valence-electron chi connectivity index (χ1n) is 5.46. The van der Waals surface area contributed by atoms with Gasteiger partial charge in [0.05, 0.1) is 18.4 Å². The Balaban J connectivity index is 2.48. The number of carboxylic acids is 1. The smallest absolute Gasteiger partial charge is 0.337 e. The van der Waals surface area contributed by atoms with Gasteiger partial charge >= 0.3 is 5.97 Å². The second-order valence-electron chi connectivity index (χ2n) is 3.94. The summed E-state index contributed by atoms with van der Waals surface area (Å²) in [5.74, 6) is -0.263. The number of methoxy groups -OCH3 is 1. The molecule has 0 radical (unpaired) electrons. The molecular formula is C14H13NO3. The van der Waals surface area contributed by atoms with Crippen molar-refractivity contribution in [3.05, 3.63) is 47.7 Å². The van der Waals surface area contributed by atoms with Crippen molar-refractivity contribution in [2.75, 3.05) is 7.11 Å². The molecule has 1 heterocycles. The average Bonchev–Trinajstić information content (AvgIpc) is 2.39. The molecule has 0 saturated heterocycles. The highest BCUT2D eigenvalue weighted by atomic mass is 16.5. The Hall–Kier alpha value is -2.36. The maximum Gasteiger partial charge on any atom is 0.337 e. The number of rotatable bonds is 3. The van der Waals surface area contributed by atoms with Crippen LogP contribution in [0.25, 0.3) is 11.3 Å². The topological polar surface area (TPSA) is 59.4 Å². The molecule has 0 saturated carbocycles. The molecule has 1 aromatic heterocycles. The van der Waals surface area contributed by atoms with Crippen LogP contribution in [0.4, 0.5) is 0 Å². The van der Waals surface area contributed by atoms with Crippen molar-refractivity contribution in [3.63, 3.8) is 0 Å². The minimum absolute atomic E-state index is 0.172. The summed E-state index contributed by atoms with van der Waals surface area (Å²) in [7, 11) is 1.60. The van der Waals surface area contributed by atoms with Crippen LogP contribution in [0.3, 0.4) is 0 Å². The van der Waals surface area contributed by atoms with Crippen molar-refractivity contribution in [2.45, 2.75) is 6.92 Å². The van der Waals surface area contributed by atoms with Crippen molar-refractivity contribution in [2.24, 2.45) is 0 Å². The number of aromatic carboxylic acids is 1. The van der Waals surface area contributed by atoms with E-state index in [1.807, 2.05) is 25.1 Å². The Kier molecular flexibility index (Phi) is 3.28. The second kappa shape index (κ2) is 4.87. The summed E-state index contributed by atoms with van der Waals surface area (Å²) in [5, 5.41) is 8.83. The lowest BCUT2D eigenvalue weighted by molar-refractivity contribution is 0.0696. The van der Waals surface area contributed by atoms with E-state index in [0.29, 0.717) is 5.69 Å². The molecule has 0 atom stereocenters. The first kappa shape index (κ1) is 12.1. The number of carboxylic acid groups (broad SMARTS) is 1. The molecule has 4 nitrogen and oxygen atoms in total. The lowest BCUT2D eigenvalue weighted by Crippen LogP contribution is -1.97. The predicted octanol–water partition coefficient (Wildman–Crippen LogP) is 2.76. The molecule has 0 aliphatic carbocycles. The second-order valence-corrected chi connectivity index (χ2v) is 3.94. The normalized spacial score (nSPS) is 10.1. The summed E-state index contributed by atoms with van der Waals surface area (Å²) in [6.45, 7) is 1.98. The van der Waals surface area contributed by atoms with E-state index in [9.17, 15) is 4.79 Å². The van der Waals surface area contributed by atoms with E-state index in [2.05, 4.69) is 4.98 Å². The number of nitrogens with zero attached hydrogens (tertiary/aromatic N) is 1. The molecule has 0 fully saturated rings. The van der Waals surface area contributed by atoms with Crippen LogP contribution in [0, 0.1) is 6.92 Å². The van der Waals surface area contributed by atoms with Crippen molar-refractivity contribution < 1.29 is 14.6 Å². The van der Waals surface area contributed by atoms with Crippen molar-refractivity contribution >= 4 is 5.97 Å². The maximum absolute atomic E-state index is 10.8. The SMILES string of the molecule is COc1ccc(C)cc1-c1ccc(C(=O)O)cn1. The Labute approximate surface area is 105 Å². The number of hydrogen-bond acceptors (Lipinski definition) is 3. The molecule has 0 spiro atoms. The molecule has 0 aliphatic heterocycles. The molecule has 0 aliphatic rings.